The summed E-state index contributed by atoms with van der Waals surface area (Å²) in [7, 11) is 0. The quantitative estimate of drug-likeness (QED) is 0.936. The van der Waals surface area contributed by atoms with Gasteiger partial charge in [-0.3, -0.25) is 9.78 Å². The Hall–Kier alpha value is -2.37. The summed E-state index contributed by atoms with van der Waals surface area (Å²) in [6.07, 6.45) is -0.892. The summed E-state index contributed by atoms with van der Waals surface area (Å²) in [6.45, 7) is 0. The third-order valence-electron chi connectivity index (χ3n) is 3.72. The molecule has 1 heterocycles. The summed E-state index contributed by atoms with van der Waals surface area (Å²) in [6, 6.07) is 8.80. The molecule has 22 heavy (non-hydrogen) atoms. The van der Waals surface area contributed by atoms with Crippen LogP contribution in [0.5, 0.6) is 0 Å². The van der Waals surface area contributed by atoms with Crippen molar-refractivity contribution in [1.29, 1.82) is 0 Å². The molecule has 1 amide bonds. The van der Waals surface area contributed by atoms with Crippen LogP contribution in [0.4, 0.5) is 18.9 Å². The maximum atomic E-state index is 13.0. The summed E-state index contributed by atoms with van der Waals surface area (Å²) in [5, 5.41) is 2.68. The van der Waals surface area contributed by atoms with Crippen LogP contribution < -0.4 is 5.32 Å². The Morgan fingerprint density at radius 2 is 1.95 bits per heavy atom. The van der Waals surface area contributed by atoms with Gasteiger partial charge >= 0.3 is 6.18 Å². The van der Waals surface area contributed by atoms with Gasteiger partial charge in [0, 0.05) is 12.1 Å². The first-order chi connectivity index (χ1) is 10.5. The first-order valence-electron chi connectivity index (χ1n) is 6.84. The molecule has 0 bridgehead atoms. The molecule has 2 atom stereocenters. The molecule has 0 spiro atoms. The average Bonchev–Trinajstić information content (AvgIpc) is 3.28. The van der Waals surface area contributed by atoms with Gasteiger partial charge in [0.05, 0.1) is 17.4 Å². The van der Waals surface area contributed by atoms with E-state index >= 15 is 0 Å². The Morgan fingerprint density at radius 3 is 2.64 bits per heavy atom. The van der Waals surface area contributed by atoms with Crippen molar-refractivity contribution in [2.45, 2.75) is 18.5 Å². The van der Waals surface area contributed by atoms with Crippen LogP contribution in [0.2, 0.25) is 0 Å². The fourth-order valence-corrected chi connectivity index (χ4v) is 2.58. The van der Waals surface area contributed by atoms with Gasteiger partial charge in [0.1, 0.15) is 0 Å². The third kappa shape index (κ3) is 2.95. The van der Waals surface area contributed by atoms with Gasteiger partial charge in [0.25, 0.3) is 0 Å². The van der Waals surface area contributed by atoms with Crippen molar-refractivity contribution in [2.24, 2.45) is 5.92 Å². The lowest BCUT2D eigenvalue weighted by Gasteiger charge is -2.12. The zero-order chi connectivity index (χ0) is 15.7. The molecule has 1 aliphatic rings. The first kappa shape index (κ1) is 14.6. The van der Waals surface area contributed by atoms with Crippen LogP contribution in [0, 0.1) is 5.92 Å². The summed E-state index contributed by atoms with van der Waals surface area (Å²) >= 11 is 0. The van der Waals surface area contributed by atoms with Crippen LogP contribution in [0.1, 0.15) is 23.5 Å². The molecule has 6 heteroatoms. The molecule has 1 aromatic heterocycles. The molecular weight excluding hydrogens is 293 g/mol. The molecule has 1 saturated carbocycles. The van der Waals surface area contributed by atoms with E-state index < -0.39 is 17.7 Å². The Kier molecular flexibility index (Phi) is 3.60. The minimum absolute atomic E-state index is 0.196. The van der Waals surface area contributed by atoms with E-state index in [2.05, 4.69) is 10.3 Å². The summed E-state index contributed by atoms with van der Waals surface area (Å²) in [5.74, 6) is -1.08. The molecule has 0 radical (unpaired) electrons. The Labute approximate surface area is 125 Å². The van der Waals surface area contributed by atoms with Gasteiger partial charge in [-0.05, 0) is 36.1 Å². The van der Waals surface area contributed by atoms with Crippen LogP contribution in [-0.2, 0) is 11.0 Å². The van der Waals surface area contributed by atoms with Crippen LogP contribution in [0.25, 0.3) is 0 Å². The number of anilines is 1. The van der Waals surface area contributed by atoms with E-state index in [-0.39, 0.29) is 17.4 Å². The minimum atomic E-state index is -4.40. The molecule has 3 rings (SSSR count). The summed E-state index contributed by atoms with van der Waals surface area (Å²) < 4.78 is 39.0. The predicted molar refractivity (Wildman–Crippen MR) is 75.2 cm³/mol. The molecular formula is C16H13F3N2O. The molecule has 2 unspecified atom stereocenters. The lowest BCUT2D eigenvalue weighted by molar-refractivity contribution is -0.138. The second-order valence-corrected chi connectivity index (χ2v) is 5.26. The smallest absolute Gasteiger partial charge is 0.324 e. The Morgan fingerprint density at radius 1 is 1.18 bits per heavy atom. The zero-order valence-corrected chi connectivity index (χ0v) is 11.5. The van der Waals surface area contributed by atoms with Gasteiger partial charge in [0.2, 0.25) is 5.91 Å². The topological polar surface area (TPSA) is 42.0 Å². The number of amides is 1. The van der Waals surface area contributed by atoms with Gasteiger partial charge in [-0.2, -0.15) is 13.2 Å². The predicted octanol–water partition coefficient (Wildman–Crippen LogP) is 3.84. The summed E-state index contributed by atoms with van der Waals surface area (Å²) in [5.41, 5.74) is 0.0836. The molecule has 1 fully saturated rings. The van der Waals surface area contributed by atoms with Crippen molar-refractivity contribution in [3.05, 3.63) is 59.9 Å². The van der Waals surface area contributed by atoms with Gasteiger partial charge in [-0.1, -0.05) is 18.2 Å². The monoisotopic (exact) mass is 306 g/mol. The minimum Gasteiger partial charge on any atom is -0.324 e. The van der Waals surface area contributed by atoms with Crippen molar-refractivity contribution in [3.8, 4) is 0 Å². The van der Waals surface area contributed by atoms with Gasteiger partial charge in [-0.25, -0.2) is 0 Å². The number of aromatic nitrogens is 1. The van der Waals surface area contributed by atoms with E-state index in [0.717, 1.165) is 6.07 Å². The molecule has 0 aliphatic heterocycles. The molecule has 0 saturated heterocycles. The zero-order valence-electron chi connectivity index (χ0n) is 11.5. The number of alkyl halides is 3. The SMILES string of the molecule is O=C(Nc1cccnc1)C1CC1c1ccccc1C(F)(F)F. The molecule has 2 aromatic rings. The maximum Gasteiger partial charge on any atom is 0.416 e. The maximum absolute atomic E-state index is 13.0. The van der Waals surface area contributed by atoms with Crippen LogP contribution in [0.3, 0.4) is 0 Å². The van der Waals surface area contributed by atoms with E-state index in [1.165, 1.54) is 18.3 Å². The normalized spacial score (nSPS) is 20.5. The van der Waals surface area contributed by atoms with Crippen molar-refractivity contribution < 1.29 is 18.0 Å². The number of halogens is 3. The van der Waals surface area contributed by atoms with Gasteiger partial charge < -0.3 is 5.32 Å². The highest BCUT2D eigenvalue weighted by Crippen LogP contribution is 2.51. The third-order valence-corrected chi connectivity index (χ3v) is 3.72. The van der Waals surface area contributed by atoms with E-state index in [4.69, 9.17) is 0 Å². The lowest BCUT2D eigenvalue weighted by atomic mass is 10.0. The molecule has 1 aromatic carbocycles. The van der Waals surface area contributed by atoms with Gasteiger partial charge in [0.15, 0.2) is 0 Å². The highest BCUT2D eigenvalue weighted by Gasteiger charge is 2.47. The standard InChI is InChI=1S/C16H13F3N2O/c17-16(18,19)14-6-2-1-5-11(14)12-8-13(12)15(22)21-10-4-3-7-20-9-10/h1-7,9,12-13H,8H2,(H,21,22). The molecule has 1 aliphatic carbocycles. The molecule has 114 valence electrons. The van der Waals surface area contributed by atoms with Crippen molar-refractivity contribution in [3.63, 3.8) is 0 Å². The largest absolute Gasteiger partial charge is 0.416 e. The number of pyridine rings is 1. The van der Waals surface area contributed by atoms with E-state index in [9.17, 15) is 18.0 Å². The number of nitrogens with zero attached hydrogens (tertiary/aromatic N) is 1. The second-order valence-electron chi connectivity index (χ2n) is 5.26. The fraction of sp³-hybridized carbons (Fsp3) is 0.250. The average molecular weight is 306 g/mol. The number of benzene rings is 1. The van der Waals surface area contributed by atoms with E-state index in [1.807, 2.05) is 0 Å². The highest BCUT2D eigenvalue weighted by molar-refractivity contribution is 5.95. The van der Waals surface area contributed by atoms with E-state index in [1.54, 1.807) is 24.4 Å². The van der Waals surface area contributed by atoms with Crippen molar-refractivity contribution in [2.75, 3.05) is 5.32 Å². The fourth-order valence-electron chi connectivity index (χ4n) is 2.58. The Balaban J connectivity index is 1.74. The van der Waals surface area contributed by atoms with Crippen molar-refractivity contribution >= 4 is 11.6 Å². The van der Waals surface area contributed by atoms with E-state index in [0.29, 0.717) is 12.1 Å². The first-order valence-corrected chi connectivity index (χ1v) is 6.84. The number of hydrogen-bond donors (Lipinski definition) is 1. The second kappa shape index (κ2) is 5.44. The van der Waals surface area contributed by atoms with Gasteiger partial charge in [-0.15, -0.1) is 0 Å². The highest BCUT2D eigenvalue weighted by atomic mass is 19.4. The number of nitrogens with one attached hydrogen (secondary N) is 1. The number of carbonyl (C=O) groups is 1. The van der Waals surface area contributed by atoms with Crippen LogP contribution in [-0.4, -0.2) is 10.9 Å². The van der Waals surface area contributed by atoms with Crippen LogP contribution in [0.15, 0.2) is 48.8 Å². The Bertz CT molecular complexity index is 685. The van der Waals surface area contributed by atoms with Crippen LogP contribution >= 0.6 is 0 Å². The van der Waals surface area contributed by atoms with Crippen molar-refractivity contribution in [1.82, 2.24) is 4.98 Å². The number of carbonyl (C=O) groups excluding carboxylic acids is 1. The lowest BCUT2D eigenvalue weighted by Crippen LogP contribution is -2.15. The summed E-state index contributed by atoms with van der Waals surface area (Å²) in [4.78, 5) is 16.0. The molecule has 3 nitrogen and oxygen atoms in total. The molecule has 1 N–H and O–H groups in total. The number of hydrogen-bond acceptors (Lipinski definition) is 2. The number of rotatable bonds is 3.